The molecule has 3 N–H and O–H groups in total. The number of rotatable bonds is 4. The molecule has 0 spiro atoms. The molecule has 6 heteroatoms. The van der Waals surface area contributed by atoms with Gasteiger partial charge in [-0.05, 0) is 25.0 Å². The van der Waals surface area contributed by atoms with Gasteiger partial charge in [0.25, 0.3) is 0 Å². The lowest BCUT2D eigenvalue weighted by atomic mass is 10.3. The third kappa shape index (κ3) is 2.96. The van der Waals surface area contributed by atoms with Crippen molar-refractivity contribution >= 4 is 22.8 Å². The maximum Gasteiger partial charge on any atom is 0.241 e. The molecule has 1 aromatic heterocycles. The zero-order chi connectivity index (χ0) is 13.9. The average Bonchev–Trinajstić information content (AvgIpc) is 3.22. The quantitative estimate of drug-likeness (QED) is 0.727. The van der Waals surface area contributed by atoms with Gasteiger partial charge in [-0.1, -0.05) is 12.1 Å². The van der Waals surface area contributed by atoms with Gasteiger partial charge in [0, 0.05) is 18.8 Å². The van der Waals surface area contributed by atoms with E-state index >= 15 is 0 Å². The average molecular weight is 272 g/mol. The first kappa shape index (κ1) is 12.7. The Kier molecular flexibility index (Phi) is 3.37. The normalized spacial score (nSPS) is 14.2. The van der Waals surface area contributed by atoms with E-state index in [1.165, 1.54) is 0 Å². The van der Waals surface area contributed by atoms with E-state index in [0.717, 1.165) is 29.7 Å². The summed E-state index contributed by atoms with van der Waals surface area (Å²) in [7, 11) is 0. The van der Waals surface area contributed by atoms with Crippen molar-refractivity contribution in [2.75, 3.05) is 0 Å². The number of carbonyl (C=O) groups is 2. The van der Waals surface area contributed by atoms with Gasteiger partial charge in [-0.25, -0.2) is 4.98 Å². The van der Waals surface area contributed by atoms with E-state index in [2.05, 4.69) is 20.8 Å². The number of hydrazine groups is 1. The van der Waals surface area contributed by atoms with Crippen molar-refractivity contribution in [3.05, 3.63) is 30.1 Å². The lowest BCUT2D eigenvalue weighted by Gasteiger charge is -2.05. The summed E-state index contributed by atoms with van der Waals surface area (Å²) in [5.74, 6) is 0.557. The zero-order valence-electron chi connectivity index (χ0n) is 11.0. The fraction of sp³-hybridized carbons (Fsp3) is 0.357. The summed E-state index contributed by atoms with van der Waals surface area (Å²) in [6.07, 6.45) is 2.63. The molecule has 1 aliphatic carbocycles. The van der Waals surface area contributed by atoms with Crippen LogP contribution in [0, 0.1) is 5.92 Å². The van der Waals surface area contributed by atoms with Crippen LogP contribution in [-0.4, -0.2) is 21.8 Å². The van der Waals surface area contributed by atoms with Crippen LogP contribution in [0.5, 0.6) is 0 Å². The number of nitrogens with one attached hydrogen (secondary N) is 3. The molecule has 2 aromatic rings. The van der Waals surface area contributed by atoms with Gasteiger partial charge in [-0.3, -0.25) is 20.4 Å². The molecule has 1 heterocycles. The molecule has 1 saturated carbocycles. The predicted molar refractivity (Wildman–Crippen MR) is 73.4 cm³/mol. The molecule has 1 aromatic carbocycles. The van der Waals surface area contributed by atoms with Gasteiger partial charge in [0.15, 0.2) is 0 Å². The standard InChI is InChI=1S/C14H16N4O2/c19-13(17-18-14(20)9-5-6-9)8-7-12-15-10-3-1-2-4-11(10)16-12/h1-4,9H,5-8H2,(H,15,16)(H,17,19)(H,18,20). The molecule has 104 valence electrons. The van der Waals surface area contributed by atoms with Crippen LogP contribution in [0.25, 0.3) is 11.0 Å². The first-order valence-corrected chi connectivity index (χ1v) is 6.75. The second-order valence-corrected chi connectivity index (χ2v) is 5.01. The summed E-state index contributed by atoms with van der Waals surface area (Å²) in [4.78, 5) is 30.5. The molecule has 1 aliphatic rings. The number of H-pyrrole nitrogens is 1. The minimum atomic E-state index is -0.209. The monoisotopic (exact) mass is 272 g/mol. The van der Waals surface area contributed by atoms with Gasteiger partial charge in [0.1, 0.15) is 5.82 Å². The number of fused-ring (bicyclic) bond motifs is 1. The maximum atomic E-state index is 11.6. The van der Waals surface area contributed by atoms with Crippen molar-refractivity contribution in [2.24, 2.45) is 5.92 Å². The molecule has 0 unspecified atom stereocenters. The molecule has 0 saturated heterocycles. The first-order chi connectivity index (χ1) is 9.72. The molecular weight excluding hydrogens is 256 g/mol. The van der Waals surface area contributed by atoms with E-state index in [9.17, 15) is 9.59 Å². The van der Waals surface area contributed by atoms with Crippen molar-refractivity contribution in [3.8, 4) is 0 Å². The second-order valence-electron chi connectivity index (χ2n) is 5.01. The molecule has 6 nitrogen and oxygen atoms in total. The fourth-order valence-corrected chi connectivity index (χ4v) is 2.00. The highest BCUT2D eigenvalue weighted by Gasteiger charge is 2.29. The van der Waals surface area contributed by atoms with Crippen LogP contribution in [0.2, 0.25) is 0 Å². The SMILES string of the molecule is O=C(CCc1nc2ccccc2[nH]1)NNC(=O)C1CC1. The van der Waals surface area contributed by atoms with E-state index in [1.54, 1.807) is 0 Å². The number of amides is 2. The molecule has 1 fully saturated rings. The summed E-state index contributed by atoms with van der Waals surface area (Å²) in [5.41, 5.74) is 6.72. The maximum absolute atomic E-state index is 11.6. The van der Waals surface area contributed by atoms with Gasteiger partial charge >= 0.3 is 0 Å². The summed E-state index contributed by atoms with van der Waals surface area (Å²) in [6, 6.07) is 7.73. The van der Waals surface area contributed by atoms with Crippen molar-refractivity contribution < 1.29 is 9.59 Å². The number of benzene rings is 1. The Morgan fingerprint density at radius 2 is 2.05 bits per heavy atom. The van der Waals surface area contributed by atoms with Crippen LogP contribution in [0.3, 0.4) is 0 Å². The molecule has 2 amide bonds. The van der Waals surface area contributed by atoms with Crippen molar-refractivity contribution in [1.29, 1.82) is 0 Å². The third-order valence-corrected chi connectivity index (χ3v) is 3.30. The van der Waals surface area contributed by atoms with E-state index in [1.807, 2.05) is 24.3 Å². The van der Waals surface area contributed by atoms with Gasteiger partial charge in [-0.15, -0.1) is 0 Å². The molecule has 0 atom stereocenters. The minimum Gasteiger partial charge on any atom is -0.342 e. The topological polar surface area (TPSA) is 86.9 Å². The summed E-state index contributed by atoms with van der Waals surface area (Å²) >= 11 is 0. The van der Waals surface area contributed by atoms with Crippen LogP contribution < -0.4 is 10.9 Å². The Hall–Kier alpha value is -2.37. The van der Waals surface area contributed by atoms with Crippen LogP contribution in [0.1, 0.15) is 25.1 Å². The molecule has 20 heavy (non-hydrogen) atoms. The van der Waals surface area contributed by atoms with Crippen LogP contribution >= 0.6 is 0 Å². The highest BCUT2D eigenvalue weighted by molar-refractivity contribution is 5.84. The number of carbonyl (C=O) groups excluding carboxylic acids is 2. The summed E-state index contributed by atoms with van der Waals surface area (Å²) in [5, 5.41) is 0. The lowest BCUT2D eigenvalue weighted by molar-refractivity contribution is -0.129. The van der Waals surface area contributed by atoms with Gasteiger partial charge in [-0.2, -0.15) is 0 Å². The Morgan fingerprint density at radius 3 is 2.80 bits per heavy atom. The van der Waals surface area contributed by atoms with Gasteiger partial charge < -0.3 is 4.98 Å². The Labute approximate surface area is 115 Å². The van der Waals surface area contributed by atoms with Crippen molar-refractivity contribution in [3.63, 3.8) is 0 Å². The third-order valence-electron chi connectivity index (χ3n) is 3.30. The number of hydrogen-bond donors (Lipinski definition) is 3. The first-order valence-electron chi connectivity index (χ1n) is 6.75. The van der Waals surface area contributed by atoms with Crippen molar-refractivity contribution in [1.82, 2.24) is 20.8 Å². The molecule has 3 rings (SSSR count). The molecule has 0 aliphatic heterocycles. The lowest BCUT2D eigenvalue weighted by Crippen LogP contribution is -2.42. The Balaban J connectivity index is 1.48. The summed E-state index contributed by atoms with van der Waals surface area (Å²) < 4.78 is 0. The van der Waals surface area contributed by atoms with E-state index in [4.69, 9.17) is 0 Å². The fourth-order valence-electron chi connectivity index (χ4n) is 2.00. The van der Waals surface area contributed by atoms with Crippen LogP contribution in [0.15, 0.2) is 24.3 Å². The Bertz CT molecular complexity index is 612. The number of hydrogen-bond acceptors (Lipinski definition) is 3. The Morgan fingerprint density at radius 1 is 1.25 bits per heavy atom. The number of para-hydroxylation sites is 2. The second kappa shape index (κ2) is 5.32. The van der Waals surface area contributed by atoms with Crippen molar-refractivity contribution in [2.45, 2.75) is 25.7 Å². The zero-order valence-corrected chi connectivity index (χ0v) is 11.0. The smallest absolute Gasteiger partial charge is 0.241 e. The van der Waals surface area contributed by atoms with E-state index in [0.29, 0.717) is 6.42 Å². The van der Waals surface area contributed by atoms with E-state index < -0.39 is 0 Å². The number of imidazole rings is 1. The molecule has 0 radical (unpaired) electrons. The molecular formula is C14H16N4O2. The largest absolute Gasteiger partial charge is 0.342 e. The molecule has 0 bridgehead atoms. The number of nitrogens with zero attached hydrogens (tertiary/aromatic N) is 1. The van der Waals surface area contributed by atoms with E-state index in [-0.39, 0.29) is 24.2 Å². The number of aryl methyl sites for hydroxylation is 1. The van der Waals surface area contributed by atoms with Gasteiger partial charge in [0.2, 0.25) is 11.8 Å². The van der Waals surface area contributed by atoms with Gasteiger partial charge in [0.05, 0.1) is 11.0 Å². The summed E-state index contributed by atoms with van der Waals surface area (Å²) in [6.45, 7) is 0. The highest BCUT2D eigenvalue weighted by atomic mass is 16.2. The number of aromatic amines is 1. The highest BCUT2D eigenvalue weighted by Crippen LogP contribution is 2.28. The van der Waals surface area contributed by atoms with Crippen LogP contribution in [-0.2, 0) is 16.0 Å². The number of aromatic nitrogens is 2. The van der Waals surface area contributed by atoms with Crippen LogP contribution in [0.4, 0.5) is 0 Å². The minimum absolute atomic E-state index is 0.0886. The predicted octanol–water partition coefficient (Wildman–Crippen LogP) is 1.05.